The highest BCUT2D eigenvalue weighted by molar-refractivity contribution is 8.26. The Morgan fingerprint density at radius 2 is 1.97 bits per heavy atom. The van der Waals surface area contributed by atoms with E-state index in [-0.39, 0.29) is 28.0 Å². The van der Waals surface area contributed by atoms with Crippen LogP contribution >= 0.6 is 24.0 Å². The van der Waals surface area contributed by atoms with Crippen LogP contribution in [0.25, 0.3) is 11.7 Å². The molecule has 0 atom stereocenters. The van der Waals surface area contributed by atoms with Gasteiger partial charge in [-0.15, -0.1) is 0 Å². The first-order valence-electron chi connectivity index (χ1n) is 9.67. The number of thioether (sulfide) groups is 1. The number of halogens is 1. The van der Waals surface area contributed by atoms with Gasteiger partial charge in [-0.2, -0.15) is 4.98 Å². The highest BCUT2D eigenvalue weighted by atomic mass is 32.2. The first kappa shape index (κ1) is 22.1. The van der Waals surface area contributed by atoms with Gasteiger partial charge in [0.2, 0.25) is 5.88 Å². The number of amides is 1. The number of para-hydroxylation sites is 1. The van der Waals surface area contributed by atoms with E-state index >= 15 is 0 Å². The molecule has 2 aromatic heterocycles. The molecule has 0 aliphatic carbocycles. The molecule has 3 heterocycles. The lowest BCUT2D eigenvalue weighted by atomic mass is 10.2. The highest BCUT2D eigenvalue weighted by Crippen LogP contribution is 2.34. The van der Waals surface area contributed by atoms with Crippen LogP contribution in [0.15, 0.2) is 58.4 Å². The Morgan fingerprint density at radius 1 is 1.19 bits per heavy atom. The zero-order chi connectivity index (χ0) is 22.7. The third-order valence-corrected chi connectivity index (χ3v) is 6.03. The predicted molar refractivity (Wildman–Crippen MR) is 124 cm³/mol. The van der Waals surface area contributed by atoms with E-state index in [4.69, 9.17) is 21.7 Å². The average molecular weight is 472 g/mol. The summed E-state index contributed by atoms with van der Waals surface area (Å²) in [6, 6.07) is 10.9. The Morgan fingerprint density at radius 3 is 2.75 bits per heavy atom. The molecule has 0 unspecified atom stereocenters. The number of methoxy groups -OCH3 is 1. The maximum absolute atomic E-state index is 14.2. The summed E-state index contributed by atoms with van der Waals surface area (Å²) in [4.78, 5) is 32.2. The fourth-order valence-corrected chi connectivity index (χ4v) is 4.40. The van der Waals surface area contributed by atoms with Crippen LogP contribution in [-0.4, -0.2) is 44.8 Å². The minimum absolute atomic E-state index is 0.0225. The van der Waals surface area contributed by atoms with Crippen molar-refractivity contribution >= 4 is 45.9 Å². The SMILES string of the molecule is COCCCN1C(=O)/C(=C/c2c(Oc3ccccc3F)nc3ccccn3c2=O)SC1=S. The van der Waals surface area contributed by atoms with Crippen molar-refractivity contribution in [2.24, 2.45) is 0 Å². The number of hydrogen-bond donors (Lipinski definition) is 0. The van der Waals surface area contributed by atoms with E-state index < -0.39 is 11.4 Å². The van der Waals surface area contributed by atoms with Crippen LogP contribution in [0.1, 0.15) is 12.0 Å². The standard InChI is InChI=1S/C22H18FN3O4S2/c1-29-12-6-11-26-21(28)17(32-22(26)31)13-14-19(30-16-8-3-2-7-15(16)23)24-18-9-4-5-10-25(18)20(14)27/h2-5,7-10,13H,6,11-12H2,1H3/b17-13-. The summed E-state index contributed by atoms with van der Waals surface area (Å²) in [7, 11) is 1.58. The quantitative estimate of drug-likeness (QED) is 0.294. The van der Waals surface area contributed by atoms with Crippen molar-refractivity contribution in [3.8, 4) is 11.6 Å². The predicted octanol–water partition coefficient (Wildman–Crippen LogP) is 3.86. The number of nitrogens with zero attached hydrogens (tertiary/aromatic N) is 3. The molecule has 0 spiro atoms. The number of carbonyl (C=O) groups is 1. The van der Waals surface area contributed by atoms with Crippen LogP contribution in [-0.2, 0) is 9.53 Å². The summed E-state index contributed by atoms with van der Waals surface area (Å²) in [5, 5.41) is 0. The number of hydrogen-bond acceptors (Lipinski definition) is 7. The van der Waals surface area contributed by atoms with Gasteiger partial charge in [0.05, 0.1) is 4.91 Å². The second kappa shape index (κ2) is 9.60. The van der Waals surface area contributed by atoms with Gasteiger partial charge in [0.25, 0.3) is 11.5 Å². The van der Waals surface area contributed by atoms with Crippen molar-refractivity contribution in [2.45, 2.75) is 6.42 Å². The smallest absolute Gasteiger partial charge is 0.269 e. The monoisotopic (exact) mass is 471 g/mol. The second-order valence-electron chi connectivity index (χ2n) is 6.78. The molecular weight excluding hydrogens is 453 g/mol. The van der Waals surface area contributed by atoms with Gasteiger partial charge in [-0.3, -0.25) is 18.9 Å². The summed E-state index contributed by atoms with van der Waals surface area (Å²) >= 11 is 6.42. The minimum atomic E-state index is -0.599. The van der Waals surface area contributed by atoms with E-state index in [0.717, 1.165) is 11.8 Å². The van der Waals surface area contributed by atoms with Gasteiger partial charge in [0.1, 0.15) is 15.5 Å². The molecule has 1 saturated heterocycles. The number of carbonyl (C=O) groups excluding carboxylic acids is 1. The maximum atomic E-state index is 14.2. The van der Waals surface area contributed by atoms with Gasteiger partial charge >= 0.3 is 0 Å². The van der Waals surface area contributed by atoms with Gasteiger partial charge < -0.3 is 9.47 Å². The Hall–Kier alpha value is -3.08. The van der Waals surface area contributed by atoms with Crippen LogP contribution in [0.3, 0.4) is 0 Å². The molecule has 1 amide bonds. The summed E-state index contributed by atoms with van der Waals surface area (Å²) in [6.45, 7) is 0.899. The average Bonchev–Trinajstić information content (AvgIpc) is 3.05. The largest absolute Gasteiger partial charge is 0.435 e. The third-order valence-electron chi connectivity index (χ3n) is 4.66. The molecule has 164 valence electrons. The number of ether oxygens (including phenoxy) is 2. The van der Waals surface area contributed by atoms with Crippen LogP contribution in [0.2, 0.25) is 0 Å². The van der Waals surface area contributed by atoms with Crippen molar-refractivity contribution in [1.82, 2.24) is 14.3 Å². The number of rotatable bonds is 7. The summed E-state index contributed by atoms with van der Waals surface area (Å²) in [5.74, 6) is -1.10. The molecule has 32 heavy (non-hydrogen) atoms. The Balaban J connectivity index is 1.78. The van der Waals surface area contributed by atoms with E-state index in [1.807, 2.05) is 0 Å². The highest BCUT2D eigenvalue weighted by Gasteiger charge is 2.32. The van der Waals surface area contributed by atoms with Crippen molar-refractivity contribution < 1.29 is 18.7 Å². The number of benzene rings is 1. The number of thiocarbonyl (C=S) groups is 1. The second-order valence-corrected chi connectivity index (χ2v) is 8.45. The maximum Gasteiger partial charge on any atom is 0.269 e. The molecule has 4 rings (SSSR count). The zero-order valence-corrected chi connectivity index (χ0v) is 18.6. The molecule has 1 fully saturated rings. The first-order chi connectivity index (χ1) is 15.5. The normalized spacial score (nSPS) is 15.2. The molecule has 10 heteroatoms. The summed E-state index contributed by atoms with van der Waals surface area (Å²) in [6.07, 6.45) is 3.59. The molecular formula is C22H18FN3O4S2. The van der Waals surface area contributed by atoms with Gasteiger partial charge in [0.15, 0.2) is 11.6 Å². The number of aromatic nitrogens is 2. The van der Waals surface area contributed by atoms with E-state index in [1.165, 1.54) is 33.6 Å². The molecule has 1 aliphatic rings. The molecule has 1 aliphatic heterocycles. The molecule has 7 nitrogen and oxygen atoms in total. The topological polar surface area (TPSA) is 73.1 Å². The lowest BCUT2D eigenvalue weighted by Gasteiger charge is -2.13. The van der Waals surface area contributed by atoms with Crippen molar-refractivity contribution in [2.75, 3.05) is 20.3 Å². The van der Waals surface area contributed by atoms with Gasteiger partial charge in [0, 0.05) is 26.5 Å². The van der Waals surface area contributed by atoms with Gasteiger partial charge in [-0.25, -0.2) is 4.39 Å². The van der Waals surface area contributed by atoms with Crippen LogP contribution < -0.4 is 10.3 Å². The molecule has 3 aromatic rings. The van der Waals surface area contributed by atoms with Crippen molar-refractivity contribution in [3.05, 3.63) is 75.3 Å². The Labute approximate surface area is 192 Å². The van der Waals surface area contributed by atoms with Crippen molar-refractivity contribution in [3.63, 3.8) is 0 Å². The third kappa shape index (κ3) is 4.43. The van der Waals surface area contributed by atoms with Crippen molar-refractivity contribution in [1.29, 1.82) is 0 Å². The summed E-state index contributed by atoms with van der Waals surface area (Å²) in [5.41, 5.74) is -0.103. The first-order valence-corrected chi connectivity index (χ1v) is 10.9. The minimum Gasteiger partial charge on any atom is -0.435 e. The summed E-state index contributed by atoms with van der Waals surface area (Å²) < 4.78 is 26.6. The number of pyridine rings is 1. The van der Waals surface area contributed by atoms with E-state index in [2.05, 4.69) is 4.98 Å². The molecule has 0 radical (unpaired) electrons. The van der Waals surface area contributed by atoms with Gasteiger partial charge in [-0.1, -0.05) is 42.2 Å². The zero-order valence-electron chi connectivity index (χ0n) is 17.0. The number of fused-ring (bicyclic) bond motifs is 1. The van der Waals surface area contributed by atoms with Gasteiger partial charge in [-0.05, 0) is 36.8 Å². The Kier molecular flexibility index (Phi) is 6.63. The molecule has 1 aromatic carbocycles. The van der Waals surface area contributed by atoms with Crippen LogP contribution in [0.5, 0.6) is 11.6 Å². The van der Waals surface area contributed by atoms with E-state index in [9.17, 15) is 14.0 Å². The lowest BCUT2D eigenvalue weighted by Crippen LogP contribution is -2.29. The lowest BCUT2D eigenvalue weighted by molar-refractivity contribution is -0.122. The van der Waals surface area contributed by atoms with Crippen LogP contribution in [0.4, 0.5) is 4.39 Å². The van der Waals surface area contributed by atoms with Crippen LogP contribution in [0, 0.1) is 5.82 Å². The molecule has 0 N–H and O–H groups in total. The Bertz CT molecular complexity index is 1290. The fraction of sp³-hybridized carbons (Fsp3) is 0.182. The fourth-order valence-electron chi connectivity index (χ4n) is 3.11. The van der Waals surface area contributed by atoms with E-state index in [1.54, 1.807) is 37.6 Å². The molecule has 0 bridgehead atoms. The van der Waals surface area contributed by atoms with E-state index in [0.29, 0.717) is 29.5 Å². The molecule has 0 saturated carbocycles.